The summed E-state index contributed by atoms with van der Waals surface area (Å²) in [5, 5.41) is 10.5. The summed E-state index contributed by atoms with van der Waals surface area (Å²) >= 11 is 0. The van der Waals surface area contributed by atoms with E-state index in [1.165, 1.54) is 0 Å². The van der Waals surface area contributed by atoms with Gasteiger partial charge in [0.2, 0.25) is 0 Å². The average molecular weight is 296 g/mol. The van der Waals surface area contributed by atoms with Gasteiger partial charge in [-0.2, -0.15) is 0 Å². The van der Waals surface area contributed by atoms with E-state index in [2.05, 4.69) is 34.6 Å². The van der Waals surface area contributed by atoms with Crippen LogP contribution in [-0.4, -0.2) is 37.4 Å². The van der Waals surface area contributed by atoms with Crippen molar-refractivity contribution in [3.63, 3.8) is 0 Å². The topological polar surface area (TPSA) is 71.7 Å². The predicted molar refractivity (Wildman–Crippen MR) is 84.5 cm³/mol. The minimum atomic E-state index is 0.282. The molecule has 6 heteroatoms. The molecule has 0 aliphatic heterocycles. The summed E-state index contributed by atoms with van der Waals surface area (Å²) in [7, 11) is 1.75. The fourth-order valence-corrected chi connectivity index (χ4v) is 1.67. The molecule has 2 N–H and O–H groups in total. The summed E-state index contributed by atoms with van der Waals surface area (Å²) in [4.78, 5) is 4.17. The van der Waals surface area contributed by atoms with Gasteiger partial charge in [0.05, 0.1) is 18.3 Å². The molecular formula is C15H28N4O2. The number of aliphatic imine (C=N–C) groups is 1. The average Bonchev–Trinajstić information content (AvgIpc) is 2.90. The molecule has 0 atom stereocenters. The van der Waals surface area contributed by atoms with Crippen molar-refractivity contribution in [1.82, 2.24) is 15.8 Å². The minimum absolute atomic E-state index is 0.282. The minimum Gasteiger partial charge on any atom is -0.379 e. The fourth-order valence-electron chi connectivity index (χ4n) is 1.67. The molecular weight excluding hydrogens is 268 g/mol. The lowest BCUT2D eigenvalue weighted by Gasteiger charge is -2.11. The van der Waals surface area contributed by atoms with Crippen LogP contribution in [0.5, 0.6) is 0 Å². The van der Waals surface area contributed by atoms with Gasteiger partial charge in [-0.1, -0.05) is 19.0 Å². The Morgan fingerprint density at radius 1 is 1.33 bits per heavy atom. The first-order valence-electron chi connectivity index (χ1n) is 7.54. The van der Waals surface area contributed by atoms with E-state index in [1.807, 2.05) is 19.9 Å². The summed E-state index contributed by atoms with van der Waals surface area (Å²) in [6.07, 6.45) is 1.22. The quantitative estimate of drug-likeness (QED) is 0.437. The van der Waals surface area contributed by atoms with Crippen molar-refractivity contribution in [2.45, 2.75) is 52.7 Å². The Morgan fingerprint density at radius 3 is 2.67 bits per heavy atom. The summed E-state index contributed by atoms with van der Waals surface area (Å²) in [6.45, 7) is 10.4. The molecule has 0 fully saturated rings. The molecule has 1 heterocycles. The van der Waals surface area contributed by atoms with E-state index in [1.54, 1.807) is 7.05 Å². The Balaban J connectivity index is 2.24. The van der Waals surface area contributed by atoms with Crippen LogP contribution in [0.25, 0.3) is 0 Å². The zero-order valence-electron chi connectivity index (χ0n) is 13.8. The van der Waals surface area contributed by atoms with Crippen LogP contribution in [0.1, 0.15) is 51.5 Å². The van der Waals surface area contributed by atoms with E-state index < -0.39 is 0 Å². The van der Waals surface area contributed by atoms with Crippen LogP contribution < -0.4 is 10.6 Å². The van der Waals surface area contributed by atoms with Crippen LogP contribution in [0, 0.1) is 0 Å². The molecule has 1 rings (SSSR count). The van der Waals surface area contributed by atoms with Crippen molar-refractivity contribution in [2.75, 3.05) is 20.2 Å². The molecule has 1 aromatic heterocycles. The van der Waals surface area contributed by atoms with Gasteiger partial charge in [0.15, 0.2) is 11.7 Å². The Labute approximate surface area is 127 Å². The third-order valence-electron chi connectivity index (χ3n) is 2.89. The van der Waals surface area contributed by atoms with E-state index >= 15 is 0 Å². The lowest BCUT2D eigenvalue weighted by molar-refractivity contribution is 0.0776. The maximum absolute atomic E-state index is 5.49. The molecule has 0 saturated heterocycles. The molecule has 0 aliphatic rings. The van der Waals surface area contributed by atoms with E-state index in [0.717, 1.165) is 37.0 Å². The van der Waals surface area contributed by atoms with Crippen LogP contribution in [0.4, 0.5) is 0 Å². The zero-order valence-corrected chi connectivity index (χ0v) is 13.8. The van der Waals surface area contributed by atoms with Crippen molar-refractivity contribution in [3.8, 4) is 0 Å². The third-order valence-corrected chi connectivity index (χ3v) is 2.89. The summed E-state index contributed by atoms with van der Waals surface area (Å²) < 4.78 is 10.8. The molecule has 6 nitrogen and oxygen atoms in total. The Morgan fingerprint density at radius 2 is 2.10 bits per heavy atom. The maximum atomic E-state index is 5.49. The van der Waals surface area contributed by atoms with E-state index in [0.29, 0.717) is 12.5 Å². The van der Waals surface area contributed by atoms with E-state index in [-0.39, 0.29) is 6.10 Å². The molecule has 0 unspecified atom stereocenters. The number of hydrogen-bond acceptors (Lipinski definition) is 4. The van der Waals surface area contributed by atoms with Gasteiger partial charge in [-0.15, -0.1) is 0 Å². The molecule has 120 valence electrons. The number of aromatic nitrogens is 1. The van der Waals surface area contributed by atoms with E-state index in [9.17, 15) is 0 Å². The van der Waals surface area contributed by atoms with Crippen LogP contribution in [0.2, 0.25) is 0 Å². The monoisotopic (exact) mass is 296 g/mol. The Hall–Kier alpha value is -1.56. The number of hydrogen-bond donors (Lipinski definition) is 2. The zero-order chi connectivity index (χ0) is 15.7. The van der Waals surface area contributed by atoms with Gasteiger partial charge >= 0.3 is 0 Å². The van der Waals surface area contributed by atoms with Gasteiger partial charge in [-0.3, -0.25) is 4.99 Å². The third kappa shape index (κ3) is 7.13. The lowest BCUT2D eigenvalue weighted by Crippen LogP contribution is -2.37. The second-order valence-electron chi connectivity index (χ2n) is 5.50. The first-order chi connectivity index (χ1) is 10.0. The molecule has 21 heavy (non-hydrogen) atoms. The van der Waals surface area contributed by atoms with Crippen LogP contribution in [0.15, 0.2) is 15.6 Å². The number of nitrogens with one attached hydrogen (secondary N) is 2. The molecule has 0 spiro atoms. The molecule has 0 radical (unpaired) electrons. The van der Waals surface area contributed by atoms with Crippen molar-refractivity contribution in [2.24, 2.45) is 4.99 Å². The molecule has 0 saturated carbocycles. The van der Waals surface area contributed by atoms with Crippen molar-refractivity contribution >= 4 is 5.96 Å². The van der Waals surface area contributed by atoms with Crippen LogP contribution >= 0.6 is 0 Å². The second-order valence-corrected chi connectivity index (χ2v) is 5.50. The van der Waals surface area contributed by atoms with Crippen molar-refractivity contribution in [3.05, 3.63) is 17.5 Å². The first-order valence-corrected chi connectivity index (χ1v) is 7.54. The van der Waals surface area contributed by atoms with Gasteiger partial charge in [0.25, 0.3) is 0 Å². The smallest absolute Gasteiger partial charge is 0.191 e. The van der Waals surface area contributed by atoms with Gasteiger partial charge in [-0.05, 0) is 26.2 Å². The maximum Gasteiger partial charge on any atom is 0.191 e. The largest absolute Gasteiger partial charge is 0.379 e. The highest BCUT2D eigenvalue weighted by Gasteiger charge is 2.08. The highest BCUT2D eigenvalue weighted by Crippen LogP contribution is 2.13. The predicted octanol–water partition coefficient (Wildman–Crippen LogP) is 2.28. The van der Waals surface area contributed by atoms with Crippen molar-refractivity contribution in [1.29, 1.82) is 0 Å². The van der Waals surface area contributed by atoms with Crippen molar-refractivity contribution < 1.29 is 9.26 Å². The molecule has 0 aromatic carbocycles. The fraction of sp³-hybridized carbons (Fsp3) is 0.733. The number of ether oxygens (including phenoxy) is 1. The summed E-state index contributed by atoms with van der Waals surface area (Å²) in [5.74, 6) is 1.94. The Kier molecular flexibility index (Phi) is 7.82. The standard InChI is InChI=1S/C15H28N4O2/c1-11(2)14-9-13(21-19-14)10-18-15(16-5)17-7-6-8-20-12(3)4/h9,11-12H,6-8,10H2,1-5H3,(H2,16,17,18). The van der Waals surface area contributed by atoms with Gasteiger partial charge in [0.1, 0.15) is 0 Å². The molecule has 0 bridgehead atoms. The number of guanidine groups is 1. The molecule has 0 amide bonds. The van der Waals surface area contributed by atoms with Gasteiger partial charge in [0, 0.05) is 26.3 Å². The van der Waals surface area contributed by atoms with E-state index in [4.69, 9.17) is 9.26 Å². The SMILES string of the molecule is CN=C(NCCCOC(C)C)NCc1cc(C(C)C)no1. The van der Waals surface area contributed by atoms with Gasteiger partial charge < -0.3 is 19.9 Å². The normalized spacial score (nSPS) is 12.2. The number of nitrogens with zero attached hydrogens (tertiary/aromatic N) is 2. The first kappa shape index (κ1) is 17.5. The summed E-state index contributed by atoms with van der Waals surface area (Å²) in [5.41, 5.74) is 0.973. The lowest BCUT2D eigenvalue weighted by atomic mass is 10.1. The molecule has 0 aliphatic carbocycles. The highest BCUT2D eigenvalue weighted by molar-refractivity contribution is 5.79. The van der Waals surface area contributed by atoms with Crippen LogP contribution in [-0.2, 0) is 11.3 Å². The van der Waals surface area contributed by atoms with Gasteiger partial charge in [-0.25, -0.2) is 0 Å². The number of rotatable bonds is 8. The van der Waals surface area contributed by atoms with Crippen LogP contribution in [0.3, 0.4) is 0 Å². The highest BCUT2D eigenvalue weighted by atomic mass is 16.5. The molecule has 1 aromatic rings. The Bertz CT molecular complexity index is 427. The summed E-state index contributed by atoms with van der Waals surface area (Å²) in [6, 6.07) is 1.97. The second kappa shape index (κ2) is 9.39.